The molecule has 4 nitrogen and oxygen atoms in total. The number of carbonyl (C=O) groups is 2. The lowest BCUT2D eigenvalue weighted by Crippen LogP contribution is -2.40. The van der Waals surface area contributed by atoms with Gasteiger partial charge < -0.3 is 9.84 Å². The van der Waals surface area contributed by atoms with Crippen molar-refractivity contribution >= 4 is 11.9 Å². The van der Waals surface area contributed by atoms with Gasteiger partial charge in [-0.2, -0.15) is 0 Å². The van der Waals surface area contributed by atoms with E-state index in [1.54, 1.807) is 13.8 Å². The van der Waals surface area contributed by atoms with E-state index in [0.717, 1.165) is 19.3 Å². The van der Waals surface area contributed by atoms with Gasteiger partial charge in [0.15, 0.2) is 5.41 Å². The zero-order valence-corrected chi connectivity index (χ0v) is 14.0. The van der Waals surface area contributed by atoms with Gasteiger partial charge in [-0.1, -0.05) is 65.2 Å². The van der Waals surface area contributed by atoms with Gasteiger partial charge in [-0.25, -0.2) is 0 Å². The molecule has 0 aliphatic carbocycles. The Morgan fingerprint density at radius 2 is 1.43 bits per heavy atom. The van der Waals surface area contributed by atoms with Gasteiger partial charge in [-0.3, -0.25) is 9.59 Å². The van der Waals surface area contributed by atoms with E-state index in [1.807, 2.05) is 0 Å². The molecule has 0 saturated heterocycles. The molecule has 1 N–H and O–H groups in total. The third kappa shape index (κ3) is 6.96. The first-order chi connectivity index (χ1) is 10.0. The SMILES string of the molecule is CCCCCCCCCCC(CC)(C(=O)O)C(=O)OCC. The van der Waals surface area contributed by atoms with E-state index in [1.165, 1.54) is 32.1 Å². The van der Waals surface area contributed by atoms with Crippen LogP contribution in [0.3, 0.4) is 0 Å². The van der Waals surface area contributed by atoms with Crippen molar-refractivity contribution in [1.82, 2.24) is 0 Å². The lowest BCUT2D eigenvalue weighted by molar-refractivity contribution is -0.169. The van der Waals surface area contributed by atoms with Gasteiger partial charge in [-0.15, -0.1) is 0 Å². The fourth-order valence-corrected chi connectivity index (χ4v) is 2.60. The van der Waals surface area contributed by atoms with Gasteiger partial charge >= 0.3 is 11.9 Å². The van der Waals surface area contributed by atoms with Crippen molar-refractivity contribution < 1.29 is 19.4 Å². The van der Waals surface area contributed by atoms with Gasteiger partial charge in [-0.05, 0) is 19.8 Å². The van der Waals surface area contributed by atoms with Gasteiger partial charge in [0.1, 0.15) is 0 Å². The van der Waals surface area contributed by atoms with Gasteiger partial charge in [0.25, 0.3) is 0 Å². The number of rotatable bonds is 13. The number of aliphatic carboxylic acids is 1. The van der Waals surface area contributed by atoms with Crippen LogP contribution in [0, 0.1) is 5.41 Å². The first-order valence-corrected chi connectivity index (χ1v) is 8.45. The van der Waals surface area contributed by atoms with Crippen molar-refractivity contribution in [2.75, 3.05) is 6.61 Å². The number of hydrogen-bond donors (Lipinski definition) is 1. The highest BCUT2D eigenvalue weighted by molar-refractivity contribution is 5.99. The maximum absolute atomic E-state index is 12.0. The molecule has 0 heterocycles. The number of ether oxygens (including phenoxy) is 1. The minimum atomic E-state index is -1.35. The predicted molar refractivity (Wildman–Crippen MR) is 84.2 cm³/mol. The summed E-state index contributed by atoms with van der Waals surface area (Å²) >= 11 is 0. The lowest BCUT2D eigenvalue weighted by Gasteiger charge is -2.25. The van der Waals surface area contributed by atoms with E-state index < -0.39 is 17.4 Å². The van der Waals surface area contributed by atoms with Crippen molar-refractivity contribution in [3.63, 3.8) is 0 Å². The molecule has 0 aromatic heterocycles. The Balaban J connectivity index is 4.14. The molecule has 4 heteroatoms. The fourth-order valence-electron chi connectivity index (χ4n) is 2.60. The van der Waals surface area contributed by atoms with Crippen LogP contribution < -0.4 is 0 Å². The molecule has 0 bridgehead atoms. The Hall–Kier alpha value is -1.06. The first kappa shape index (κ1) is 19.9. The van der Waals surface area contributed by atoms with Crippen LogP contribution in [-0.4, -0.2) is 23.7 Å². The second-order valence-electron chi connectivity index (χ2n) is 5.69. The highest BCUT2D eigenvalue weighted by atomic mass is 16.5. The lowest BCUT2D eigenvalue weighted by atomic mass is 9.80. The van der Waals surface area contributed by atoms with E-state index in [2.05, 4.69) is 6.92 Å². The average Bonchev–Trinajstić information content (AvgIpc) is 2.46. The zero-order valence-electron chi connectivity index (χ0n) is 14.0. The standard InChI is InChI=1S/C17H32O4/c1-4-7-8-9-10-11-12-13-14-17(5-2,15(18)19)16(20)21-6-3/h4-14H2,1-3H3,(H,18,19). The molecular formula is C17H32O4. The van der Waals surface area contributed by atoms with Crippen molar-refractivity contribution in [2.24, 2.45) is 5.41 Å². The molecule has 0 aliphatic rings. The topological polar surface area (TPSA) is 63.6 Å². The normalized spacial score (nSPS) is 13.7. The van der Waals surface area contributed by atoms with E-state index >= 15 is 0 Å². The van der Waals surface area contributed by atoms with Crippen LogP contribution in [0.2, 0.25) is 0 Å². The van der Waals surface area contributed by atoms with Crippen LogP contribution in [0.1, 0.15) is 85.0 Å². The summed E-state index contributed by atoms with van der Waals surface area (Å²) in [7, 11) is 0. The molecule has 0 amide bonds. The summed E-state index contributed by atoms with van der Waals surface area (Å²) in [5, 5.41) is 9.42. The Bertz CT molecular complexity index is 301. The first-order valence-electron chi connectivity index (χ1n) is 8.45. The van der Waals surface area contributed by atoms with E-state index in [-0.39, 0.29) is 13.0 Å². The molecule has 0 fully saturated rings. The minimum absolute atomic E-state index is 0.227. The van der Waals surface area contributed by atoms with Crippen LogP contribution in [0.4, 0.5) is 0 Å². The molecule has 0 rings (SSSR count). The van der Waals surface area contributed by atoms with Crippen molar-refractivity contribution in [3.8, 4) is 0 Å². The van der Waals surface area contributed by atoms with Crippen LogP contribution in [0.15, 0.2) is 0 Å². The molecule has 0 aliphatic heterocycles. The third-order valence-corrected chi connectivity index (χ3v) is 4.14. The highest BCUT2D eigenvalue weighted by Gasteiger charge is 2.45. The Labute approximate surface area is 129 Å². The maximum Gasteiger partial charge on any atom is 0.323 e. The summed E-state index contributed by atoms with van der Waals surface area (Å²) in [5.74, 6) is -1.63. The van der Waals surface area contributed by atoms with Crippen LogP contribution in [0.5, 0.6) is 0 Å². The summed E-state index contributed by atoms with van der Waals surface area (Å²) in [4.78, 5) is 23.5. The number of carboxylic acids is 1. The van der Waals surface area contributed by atoms with Gasteiger partial charge in [0.2, 0.25) is 0 Å². The van der Waals surface area contributed by atoms with Crippen molar-refractivity contribution in [1.29, 1.82) is 0 Å². The van der Waals surface area contributed by atoms with Crippen LogP contribution in [0.25, 0.3) is 0 Å². The molecule has 1 atom stereocenters. The third-order valence-electron chi connectivity index (χ3n) is 4.14. The summed E-state index contributed by atoms with van der Waals surface area (Å²) < 4.78 is 4.96. The molecule has 0 aromatic rings. The Morgan fingerprint density at radius 1 is 0.905 bits per heavy atom. The maximum atomic E-state index is 12.0. The molecule has 0 spiro atoms. The zero-order chi connectivity index (χ0) is 16.1. The van der Waals surface area contributed by atoms with Gasteiger partial charge in [0.05, 0.1) is 6.61 Å². The molecule has 0 radical (unpaired) electrons. The largest absolute Gasteiger partial charge is 0.480 e. The number of unbranched alkanes of at least 4 members (excludes halogenated alkanes) is 7. The summed E-state index contributed by atoms with van der Waals surface area (Å²) in [6.07, 6.45) is 9.82. The molecular weight excluding hydrogens is 268 g/mol. The predicted octanol–water partition coefficient (Wildman–Crippen LogP) is 4.56. The van der Waals surface area contributed by atoms with E-state index in [4.69, 9.17) is 4.74 Å². The molecule has 0 aromatic carbocycles. The quantitative estimate of drug-likeness (QED) is 0.307. The van der Waals surface area contributed by atoms with Crippen LogP contribution in [-0.2, 0) is 14.3 Å². The van der Waals surface area contributed by atoms with E-state index in [0.29, 0.717) is 6.42 Å². The molecule has 21 heavy (non-hydrogen) atoms. The summed E-state index contributed by atoms with van der Waals surface area (Å²) in [5.41, 5.74) is -1.35. The highest BCUT2D eigenvalue weighted by Crippen LogP contribution is 2.31. The van der Waals surface area contributed by atoms with Crippen molar-refractivity contribution in [2.45, 2.75) is 85.0 Å². The molecule has 124 valence electrons. The average molecular weight is 300 g/mol. The Kier molecular flexibility index (Phi) is 11.0. The van der Waals surface area contributed by atoms with E-state index in [9.17, 15) is 14.7 Å². The molecule has 1 unspecified atom stereocenters. The van der Waals surface area contributed by atoms with Crippen LogP contribution >= 0.6 is 0 Å². The number of carbonyl (C=O) groups excluding carboxylic acids is 1. The number of esters is 1. The second kappa shape index (κ2) is 11.6. The molecule has 0 saturated carbocycles. The summed E-state index contributed by atoms with van der Waals surface area (Å²) in [6, 6.07) is 0. The summed E-state index contributed by atoms with van der Waals surface area (Å²) in [6.45, 7) is 5.88. The minimum Gasteiger partial charge on any atom is -0.480 e. The monoisotopic (exact) mass is 300 g/mol. The number of carboxylic acid groups (broad SMARTS) is 1. The smallest absolute Gasteiger partial charge is 0.323 e. The van der Waals surface area contributed by atoms with Crippen molar-refractivity contribution in [3.05, 3.63) is 0 Å². The number of hydrogen-bond acceptors (Lipinski definition) is 3. The Morgan fingerprint density at radius 3 is 1.86 bits per heavy atom. The van der Waals surface area contributed by atoms with Gasteiger partial charge in [0, 0.05) is 0 Å². The second-order valence-corrected chi connectivity index (χ2v) is 5.69. The fraction of sp³-hybridized carbons (Fsp3) is 0.882.